The van der Waals surface area contributed by atoms with Gasteiger partial charge in [-0.1, -0.05) is 37.2 Å². The Labute approximate surface area is 256 Å². The van der Waals surface area contributed by atoms with E-state index in [-0.39, 0.29) is 17.7 Å². The maximum absolute atomic E-state index is 13.0. The van der Waals surface area contributed by atoms with Gasteiger partial charge in [0.1, 0.15) is 11.4 Å². The molecule has 0 bridgehead atoms. The number of nitrogens with one attached hydrogen (secondary N) is 1. The van der Waals surface area contributed by atoms with Crippen LogP contribution in [0.2, 0.25) is 0 Å². The summed E-state index contributed by atoms with van der Waals surface area (Å²) in [6, 6.07) is 8.97. The molecule has 10 nitrogen and oxygen atoms in total. The Morgan fingerprint density at radius 1 is 1.14 bits per heavy atom. The minimum atomic E-state index is -0.519. The highest BCUT2D eigenvalue weighted by Crippen LogP contribution is 2.32. The highest BCUT2D eigenvalue weighted by molar-refractivity contribution is 5.80. The van der Waals surface area contributed by atoms with Gasteiger partial charge in [-0.25, -0.2) is 4.79 Å². The lowest BCUT2D eigenvalue weighted by molar-refractivity contribution is -0.134. The number of hydrogen-bond acceptors (Lipinski definition) is 8. The molecule has 0 radical (unpaired) electrons. The zero-order valence-corrected chi connectivity index (χ0v) is 26.7. The van der Waals surface area contributed by atoms with Crippen molar-refractivity contribution in [3.8, 4) is 5.75 Å². The Morgan fingerprint density at radius 3 is 2.47 bits per heavy atom. The molecule has 236 valence electrons. The van der Waals surface area contributed by atoms with Crippen molar-refractivity contribution in [3.05, 3.63) is 41.7 Å². The minimum Gasteiger partial charge on any atom is -0.493 e. The Balaban J connectivity index is 1.15. The van der Waals surface area contributed by atoms with Crippen molar-refractivity contribution in [2.24, 2.45) is 11.8 Å². The van der Waals surface area contributed by atoms with Gasteiger partial charge in [-0.2, -0.15) is 4.98 Å². The zero-order valence-electron chi connectivity index (χ0n) is 26.7. The van der Waals surface area contributed by atoms with Crippen LogP contribution >= 0.6 is 0 Å². The Bertz CT molecular complexity index is 1230. The number of benzene rings is 1. The summed E-state index contributed by atoms with van der Waals surface area (Å²) in [7, 11) is 1.84. The second-order valence-electron chi connectivity index (χ2n) is 13.1. The summed E-state index contributed by atoms with van der Waals surface area (Å²) in [5.41, 5.74) is 1.96. The molecular formula is C33H49N5O5. The second kappa shape index (κ2) is 14.8. The van der Waals surface area contributed by atoms with Gasteiger partial charge < -0.3 is 29.1 Å². The minimum absolute atomic E-state index is 0.00123. The summed E-state index contributed by atoms with van der Waals surface area (Å²) in [6.45, 7) is 13.2. The van der Waals surface area contributed by atoms with Crippen LogP contribution in [-0.4, -0.2) is 72.5 Å². The van der Waals surface area contributed by atoms with E-state index < -0.39 is 11.7 Å². The number of carbonyl (C=O) groups excluding carboxylic acids is 2. The van der Waals surface area contributed by atoms with E-state index in [0.29, 0.717) is 38.0 Å². The summed E-state index contributed by atoms with van der Waals surface area (Å²) in [6.07, 6.45) is 6.98. The van der Waals surface area contributed by atoms with E-state index >= 15 is 0 Å². The van der Waals surface area contributed by atoms with Gasteiger partial charge in [-0.05, 0) is 88.5 Å². The van der Waals surface area contributed by atoms with Gasteiger partial charge in [0, 0.05) is 45.1 Å². The van der Waals surface area contributed by atoms with Crippen molar-refractivity contribution in [2.75, 3.05) is 44.7 Å². The van der Waals surface area contributed by atoms with Crippen molar-refractivity contribution >= 4 is 23.6 Å². The fourth-order valence-electron chi connectivity index (χ4n) is 5.42. The summed E-state index contributed by atoms with van der Waals surface area (Å²) < 4.78 is 16.8. The van der Waals surface area contributed by atoms with Gasteiger partial charge in [0.05, 0.1) is 6.61 Å². The van der Waals surface area contributed by atoms with E-state index in [9.17, 15) is 9.59 Å². The molecule has 4 rings (SSSR count). The number of hydrogen-bond donors (Lipinski definition) is 1. The number of ether oxygens (including phenoxy) is 2. The molecular weight excluding hydrogens is 546 g/mol. The third-order valence-corrected chi connectivity index (χ3v) is 8.02. The van der Waals surface area contributed by atoms with Gasteiger partial charge in [0.25, 0.3) is 0 Å². The lowest BCUT2D eigenvalue weighted by Crippen LogP contribution is -2.37. The van der Waals surface area contributed by atoms with Gasteiger partial charge in [-0.3, -0.25) is 4.79 Å². The van der Waals surface area contributed by atoms with Crippen LogP contribution in [0, 0.1) is 11.8 Å². The van der Waals surface area contributed by atoms with E-state index in [2.05, 4.69) is 52.4 Å². The molecule has 1 atom stereocenters. The molecule has 2 amide bonds. The lowest BCUT2D eigenvalue weighted by Gasteiger charge is -2.30. The average Bonchev–Trinajstić information content (AvgIpc) is 3.49. The Hall–Kier alpha value is -3.56. The van der Waals surface area contributed by atoms with Gasteiger partial charge >= 0.3 is 12.1 Å². The number of allylic oxidation sites excluding steroid dienone is 2. The number of carbonyl (C=O) groups is 2. The van der Waals surface area contributed by atoms with E-state index in [1.54, 1.807) is 4.90 Å². The van der Waals surface area contributed by atoms with Crippen LogP contribution in [0.3, 0.4) is 0 Å². The predicted octanol–water partition coefficient (Wildman–Crippen LogP) is 6.05. The van der Waals surface area contributed by atoms with Crippen molar-refractivity contribution < 1.29 is 23.6 Å². The van der Waals surface area contributed by atoms with Crippen molar-refractivity contribution in [1.29, 1.82) is 0 Å². The SMILES string of the molecule is CC(C)c1noc(N2CCC(COc3ccc(C4=CCC(C(=O)N(C)CCCNC(=O)OC(C)(C)C)CC4)cc3)CC2)n1. The van der Waals surface area contributed by atoms with E-state index in [1.807, 2.05) is 40.0 Å². The summed E-state index contributed by atoms with van der Waals surface area (Å²) >= 11 is 0. The quantitative estimate of drug-likeness (QED) is 0.313. The van der Waals surface area contributed by atoms with Gasteiger partial charge in [0.15, 0.2) is 5.82 Å². The molecule has 1 fully saturated rings. The smallest absolute Gasteiger partial charge is 0.407 e. The molecule has 1 unspecified atom stereocenters. The Morgan fingerprint density at radius 2 is 1.86 bits per heavy atom. The van der Waals surface area contributed by atoms with Gasteiger partial charge in [0.2, 0.25) is 5.91 Å². The molecule has 0 spiro atoms. The standard InChI is InChI=1S/C33H49N5O5/c1-23(2)29-35-31(43-36-29)38-20-16-24(17-21-38)22-41-28-14-12-26(13-15-28)25-8-10-27(11-9-25)30(39)37(6)19-7-18-34-32(40)42-33(3,4)5/h8,12-15,23-24,27H,7,9-11,16-22H2,1-6H3,(H,34,40). The first-order valence-corrected chi connectivity index (χ1v) is 15.7. The average molecular weight is 596 g/mol. The largest absolute Gasteiger partial charge is 0.493 e. The molecule has 43 heavy (non-hydrogen) atoms. The molecule has 2 heterocycles. The van der Waals surface area contributed by atoms with Crippen LogP contribution < -0.4 is 15.0 Å². The van der Waals surface area contributed by atoms with Crippen molar-refractivity contribution in [2.45, 2.75) is 84.7 Å². The van der Waals surface area contributed by atoms with E-state index in [1.165, 1.54) is 11.1 Å². The van der Waals surface area contributed by atoms with Crippen LogP contribution in [0.15, 0.2) is 34.9 Å². The summed E-state index contributed by atoms with van der Waals surface area (Å²) in [5, 5.41) is 6.83. The summed E-state index contributed by atoms with van der Waals surface area (Å²) in [4.78, 5) is 33.2. The fourth-order valence-corrected chi connectivity index (χ4v) is 5.42. The maximum atomic E-state index is 13.0. The zero-order chi connectivity index (χ0) is 31.0. The highest BCUT2D eigenvalue weighted by atomic mass is 16.6. The number of alkyl carbamates (subject to hydrolysis) is 1. The van der Waals surface area contributed by atoms with Crippen LogP contribution in [0.4, 0.5) is 10.8 Å². The number of rotatable bonds is 11. The van der Waals surface area contributed by atoms with Crippen LogP contribution in [0.1, 0.15) is 90.4 Å². The number of amides is 2. The molecule has 1 aromatic heterocycles. The van der Waals surface area contributed by atoms with Crippen LogP contribution in [0.5, 0.6) is 5.75 Å². The number of nitrogens with zero attached hydrogens (tertiary/aromatic N) is 4. The fraction of sp³-hybridized carbons (Fsp3) is 0.636. The molecule has 1 aliphatic heterocycles. The highest BCUT2D eigenvalue weighted by Gasteiger charge is 2.26. The van der Waals surface area contributed by atoms with Crippen molar-refractivity contribution in [3.63, 3.8) is 0 Å². The Kier molecular flexibility index (Phi) is 11.1. The number of aromatic nitrogens is 2. The van der Waals surface area contributed by atoms with Gasteiger partial charge in [-0.15, -0.1) is 0 Å². The monoisotopic (exact) mass is 595 g/mol. The molecule has 1 saturated heterocycles. The molecule has 0 saturated carbocycles. The first kappa shape index (κ1) is 32.4. The van der Waals surface area contributed by atoms with Crippen molar-refractivity contribution in [1.82, 2.24) is 20.4 Å². The van der Waals surface area contributed by atoms with E-state index in [4.69, 9.17) is 14.0 Å². The van der Waals surface area contributed by atoms with Crippen LogP contribution in [0.25, 0.3) is 5.57 Å². The molecule has 10 heteroatoms. The number of anilines is 1. The predicted molar refractivity (Wildman–Crippen MR) is 167 cm³/mol. The molecule has 2 aliphatic rings. The maximum Gasteiger partial charge on any atom is 0.407 e. The summed E-state index contributed by atoms with van der Waals surface area (Å²) in [5.74, 6) is 2.57. The topological polar surface area (TPSA) is 110 Å². The van der Waals surface area contributed by atoms with Crippen LogP contribution in [-0.2, 0) is 9.53 Å². The third-order valence-electron chi connectivity index (χ3n) is 8.02. The molecule has 1 N–H and O–H groups in total. The van der Waals surface area contributed by atoms with E-state index in [0.717, 1.165) is 56.8 Å². The first-order chi connectivity index (χ1) is 20.5. The molecule has 1 aromatic carbocycles. The first-order valence-electron chi connectivity index (χ1n) is 15.7. The number of piperidine rings is 1. The second-order valence-corrected chi connectivity index (χ2v) is 13.1. The molecule has 1 aliphatic carbocycles. The normalized spacial score (nSPS) is 17.9. The third kappa shape index (κ3) is 9.73. The lowest BCUT2D eigenvalue weighted by atomic mass is 9.86. The molecule has 2 aromatic rings.